The molecule has 2 N–H and O–H groups in total. The molecule has 0 saturated carbocycles. The monoisotopic (exact) mass is 487 g/mol. The topological polar surface area (TPSA) is 77.0 Å². The molecule has 0 bridgehead atoms. The fourth-order valence-corrected chi connectivity index (χ4v) is 6.12. The molecule has 1 atom stereocenters. The van der Waals surface area contributed by atoms with E-state index in [-0.39, 0.29) is 21.2 Å². The van der Waals surface area contributed by atoms with Gasteiger partial charge < -0.3 is 10.6 Å². The number of nitrogens with two attached hydrogens (primary N) is 1. The van der Waals surface area contributed by atoms with E-state index in [1.165, 1.54) is 34.0 Å². The normalized spacial score (nSPS) is 19.4. The van der Waals surface area contributed by atoms with Crippen LogP contribution in [0.1, 0.15) is 35.7 Å². The smallest absolute Gasteiger partial charge is 0.342 e. The molecular weight excluding hydrogens is 463 g/mol. The summed E-state index contributed by atoms with van der Waals surface area (Å²) in [6, 6.07) is 11.0. The van der Waals surface area contributed by atoms with Crippen LogP contribution in [-0.2, 0) is 19.6 Å². The molecule has 3 aromatic rings. The van der Waals surface area contributed by atoms with Crippen molar-refractivity contribution < 1.29 is 13.2 Å². The van der Waals surface area contributed by atoms with Crippen molar-refractivity contribution in [3.63, 3.8) is 0 Å². The van der Waals surface area contributed by atoms with Gasteiger partial charge in [-0.1, -0.05) is 36.0 Å². The second-order valence-corrected chi connectivity index (χ2v) is 10.0. The second-order valence-electron chi connectivity index (χ2n) is 8.94. The molecule has 5 rings (SSSR count). The maximum atomic E-state index is 13.3. The summed E-state index contributed by atoms with van der Waals surface area (Å²) >= 11 is 0.732. The Morgan fingerprint density at radius 2 is 1.82 bits per heavy atom. The number of rotatable bonds is 3. The van der Waals surface area contributed by atoms with Crippen LogP contribution < -0.4 is 16.2 Å². The minimum atomic E-state index is -4.60. The second kappa shape index (κ2) is 8.42. The summed E-state index contributed by atoms with van der Waals surface area (Å²) in [5.74, 6) is 0.510. The van der Waals surface area contributed by atoms with E-state index in [0.717, 1.165) is 37.2 Å². The average molecular weight is 488 g/mol. The Bertz CT molecular complexity index is 1280. The van der Waals surface area contributed by atoms with E-state index in [1.54, 1.807) is 7.05 Å². The van der Waals surface area contributed by atoms with Gasteiger partial charge in [-0.25, -0.2) is 4.98 Å². The molecule has 0 amide bonds. The van der Waals surface area contributed by atoms with Crippen molar-refractivity contribution in [2.45, 2.75) is 41.3 Å². The highest BCUT2D eigenvalue weighted by Gasteiger charge is 2.46. The summed E-state index contributed by atoms with van der Waals surface area (Å²) in [5.41, 5.74) is 7.78. The zero-order chi connectivity index (χ0) is 24.1. The molecular formula is C24H24F3N5OS. The Balaban J connectivity index is 1.35. The molecule has 1 aliphatic carbocycles. The van der Waals surface area contributed by atoms with Crippen LogP contribution in [0.3, 0.4) is 0 Å². The number of anilines is 1. The van der Waals surface area contributed by atoms with Gasteiger partial charge in [0.05, 0.1) is 11.1 Å². The van der Waals surface area contributed by atoms with Gasteiger partial charge >= 0.3 is 6.18 Å². The molecule has 1 spiro atoms. The van der Waals surface area contributed by atoms with E-state index in [1.807, 2.05) is 12.1 Å². The van der Waals surface area contributed by atoms with Crippen molar-refractivity contribution in [2.75, 3.05) is 18.0 Å². The lowest BCUT2D eigenvalue weighted by atomic mass is 9.73. The van der Waals surface area contributed by atoms with E-state index >= 15 is 0 Å². The van der Waals surface area contributed by atoms with E-state index in [4.69, 9.17) is 5.73 Å². The van der Waals surface area contributed by atoms with Crippen molar-refractivity contribution in [1.29, 1.82) is 0 Å². The lowest BCUT2D eigenvalue weighted by Crippen LogP contribution is -2.46. The summed E-state index contributed by atoms with van der Waals surface area (Å²) in [6.07, 6.45) is 0.542. The largest absolute Gasteiger partial charge is 0.434 e. The molecule has 1 aromatic carbocycles. The molecule has 10 heteroatoms. The van der Waals surface area contributed by atoms with Gasteiger partial charge in [0.1, 0.15) is 0 Å². The van der Waals surface area contributed by atoms with Crippen LogP contribution >= 0.6 is 11.8 Å². The molecule has 1 aliphatic heterocycles. The molecule has 1 saturated heterocycles. The van der Waals surface area contributed by atoms with Crippen LogP contribution in [0.5, 0.6) is 0 Å². The Morgan fingerprint density at radius 1 is 1.09 bits per heavy atom. The van der Waals surface area contributed by atoms with Gasteiger partial charge in [0.2, 0.25) is 5.95 Å². The average Bonchev–Trinajstić information content (AvgIpc) is 3.09. The van der Waals surface area contributed by atoms with E-state index in [2.05, 4.69) is 27.0 Å². The number of fused-ring (bicyclic) bond motifs is 1. The van der Waals surface area contributed by atoms with E-state index in [9.17, 15) is 18.0 Å². The third-order valence-corrected chi connectivity index (χ3v) is 8.06. The molecule has 0 radical (unpaired) electrons. The third kappa shape index (κ3) is 3.88. The fourth-order valence-electron chi connectivity index (χ4n) is 5.14. The zero-order valence-electron chi connectivity index (χ0n) is 18.5. The fraction of sp³-hybridized carbons (Fsp3) is 0.375. The minimum absolute atomic E-state index is 0.00313. The lowest BCUT2D eigenvalue weighted by Gasteiger charge is -2.42. The number of pyridine rings is 1. The number of hydrogen-bond acceptors (Lipinski definition) is 6. The highest BCUT2D eigenvalue weighted by atomic mass is 32.2. The van der Waals surface area contributed by atoms with Gasteiger partial charge in [0.25, 0.3) is 5.56 Å². The maximum Gasteiger partial charge on any atom is 0.434 e. The molecule has 178 valence electrons. The van der Waals surface area contributed by atoms with Gasteiger partial charge in [-0.2, -0.15) is 13.2 Å². The first-order chi connectivity index (χ1) is 16.2. The zero-order valence-corrected chi connectivity index (χ0v) is 19.4. The Hall–Kier alpha value is -2.85. The van der Waals surface area contributed by atoms with Crippen LogP contribution in [0.2, 0.25) is 0 Å². The molecule has 2 aliphatic rings. The summed E-state index contributed by atoms with van der Waals surface area (Å²) in [4.78, 5) is 23.0. The van der Waals surface area contributed by atoms with Crippen LogP contribution in [0.15, 0.2) is 63.4 Å². The van der Waals surface area contributed by atoms with Gasteiger partial charge in [-0.3, -0.25) is 14.3 Å². The number of piperidine rings is 1. The predicted octanol–water partition coefficient (Wildman–Crippen LogP) is 4.19. The number of nitrogens with zero attached hydrogens (tertiary/aromatic N) is 4. The van der Waals surface area contributed by atoms with Crippen molar-refractivity contribution in [3.8, 4) is 0 Å². The first-order valence-electron chi connectivity index (χ1n) is 11.0. The number of aromatic nitrogens is 3. The van der Waals surface area contributed by atoms with Crippen molar-refractivity contribution in [3.05, 3.63) is 76.0 Å². The number of alkyl halides is 3. The predicted molar refractivity (Wildman–Crippen MR) is 124 cm³/mol. The van der Waals surface area contributed by atoms with Crippen LogP contribution in [0, 0.1) is 5.41 Å². The highest BCUT2D eigenvalue weighted by molar-refractivity contribution is 7.99. The maximum absolute atomic E-state index is 13.3. The first-order valence-corrected chi connectivity index (χ1v) is 11.9. The first kappa shape index (κ1) is 22.9. The van der Waals surface area contributed by atoms with Gasteiger partial charge in [-0.15, -0.1) is 0 Å². The summed E-state index contributed by atoms with van der Waals surface area (Å²) in [5, 5.41) is 0. The number of benzene rings is 1. The molecule has 1 fully saturated rings. The van der Waals surface area contributed by atoms with Gasteiger partial charge in [0.15, 0.2) is 5.69 Å². The Labute approximate surface area is 199 Å². The van der Waals surface area contributed by atoms with Gasteiger partial charge in [0, 0.05) is 37.3 Å². The van der Waals surface area contributed by atoms with Crippen LogP contribution in [0.25, 0.3) is 0 Å². The molecule has 0 unspecified atom stereocenters. The third-order valence-electron chi connectivity index (χ3n) is 7.01. The quantitative estimate of drug-likeness (QED) is 0.597. The summed E-state index contributed by atoms with van der Waals surface area (Å²) < 4.78 is 41.3. The number of halogens is 3. The minimum Gasteiger partial charge on any atom is -0.342 e. The number of hydrogen-bond donors (Lipinski definition) is 1. The molecule has 2 aromatic heterocycles. The van der Waals surface area contributed by atoms with Crippen molar-refractivity contribution >= 4 is 17.7 Å². The Kier molecular flexibility index (Phi) is 5.68. The lowest BCUT2D eigenvalue weighted by molar-refractivity contribution is -0.143. The molecule has 6 nitrogen and oxygen atoms in total. The SMILES string of the molecule is Cn1c(N2CCC3(CC2)Cc2ccccc2[C@H]3N)ncc(Sc2cccnc2C(F)(F)F)c1=O. The van der Waals surface area contributed by atoms with Crippen LogP contribution in [-0.4, -0.2) is 27.6 Å². The molecule has 3 heterocycles. The van der Waals surface area contributed by atoms with E-state index < -0.39 is 17.4 Å². The highest BCUT2D eigenvalue weighted by Crippen LogP contribution is 2.50. The van der Waals surface area contributed by atoms with Gasteiger partial charge in [-0.05, 0) is 47.9 Å². The van der Waals surface area contributed by atoms with Crippen molar-refractivity contribution in [2.24, 2.45) is 18.2 Å². The summed E-state index contributed by atoms with van der Waals surface area (Å²) in [7, 11) is 1.60. The molecule has 34 heavy (non-hydrogen) atoms. The summed E-state index contributed by atoms with van der Waals surface area (Å²) in [6.45, 7) is 1.41. The Morgan fingerprint density at radius 3 is 2.53 bits per heavy atom. The van der Waals surface area contributed by atoms with E-state index in [0.29, 0.717) is 19.0 Å². The van der Waals surface area contributed by atoms with Crippen LogP contribution in [0.4, 0.5) is 19.1 Å². The standard InChI is InChI=1S/C24H24F3N5OS/c1-31-21(33)18(34-17-7-4-10-29-20(17)24(25,26)27)14-30-22(31)32-11-8-23(9-12-32)13-15-5-2-3-6-16(15)19(23)28/h2-7,10,14,19H,8-9,11-13,28H2,1H3/t19-/m1/s1. The van der Waals surface area contributed by atoms with Crippen molar-refractivity contribution in [1.82, 2.24) is 14.5 Å².